The molecule has 0 aromatic heterocycles. The molecule has 1 unspecified atom stereocenters. The zero-order valence-corrected chi connectivity index (χ0v) is 9.18. The van der Waals surface area contributed by atoms with E-state index in [2.05, 4.69) is 12.1 Å². The van der Waals surface area contributed by atoms with Crippen LogP contribution < -0.4 is 11.5 Å². The normalized spacial score (nSPS) is 14.7. The number of hydrogen-bond acceptors (Lipinski definition) is 2. The topological polar surface area (TPSA) is 52.0 Å². The summed E-state index contributed by atoms with van der Waals surface area (Å²) < 4.78 is 0. The van der Waals surface area contributed by atoms with E-state index in [1.54, 1.807) is 0 Å². The predicted molar refractivity (Wildman–Crippen MR) is 64.1 cm³/mol. The van der Waals surface area contributed by atoms with Crippen molar-refractivity contribution in [1.29, 1.82) is 0 Å². The Kier molecular flexibility index (Phi) is 3.61. The monoisotopic (exact) mass is 208 g/mol. The van der Waals surface area contributed by atoms with E-state index in [4.69, 9.17) is 23.7 Å². The summed E-state index contributed by atoms with van der Waals surface area (Å²) >= 11 is 4.90. The molecule has 1 rings (SSSR count). The molecule has 0 saturated heterocycles. The van der Waals surface area contributed by atoms with Crippen molar-refractivity contribution in [3.05, 3.63) is 35.9 Å². The Hall–Kier alpha value is -0.930. The molecule has 3 heteroatoms. The summed E-state index contributed by atoms with van der Waals surface area (Å²) in [6.07, 6.45) is 1.69. The van der Waals surface area contributed by atoms with Gasteiger partial charge in [-0.2, -0.15) is 0 Å². The van der Waals surface area contributed by atoms with Crippen LogP contribution in [0.15, 0.2) is 30.3 Å². The molecular weight excluding hydrogens is 192 g/mol. The predicted octanol–water partition coefficient (Wildman–Crippen LogP) is 1.62. The van der Waals surface area contributed by atoms with Crippen LogP contribution in [-0.4, -0.2) is 10.5 Å². The standard InChI is InChI=1S/C11H16N2S/c1-11(13,10(12)14)8-7-9-5-3-2-4-6-9/h2-6H,7-8,13H2,1H3,(H2,12,14). The van der Waals surface area contributed by atoms with Crippen LogP contribution in [-0.2, 0) is 6.42 Å². The van der Waals surface area contributed by atoms with E-state index in [-0.39, 0.29) is 0 Å². The minimum Gasteiger partial charge on any atom is -0.392 e. The summed E-state index contributed by atoms with van der Waals surface area (Å²) in [6.45, 7) is 1.87. The molecule has 1 atom stereocenters. The second-order valence-electron chi connectivity index (χ2n) is 3.77. The van der Waals surface area contributed by atoms with Gasteiger partial charge in [-0.15, -0.1) is 0 Å². The van der Waals surface area contributed by atoms with Gasteiger partial charge in [0.1, 0.15) is 0 Å². The average Bonchev–Trinajstić information content (AvgIpc) is 2.16. The molecule has 1 aromatic carbocycles. The maximum absolute atomic E-state index is 5.94. The van der Waals surface area contributed by atoms with Crippen molar-refractivity contribution in [3.8, 4) is 0 Å². The molecule has 0 heterocycles. The maximum Gasteiger partial charge on any atom is 0.0926 e. The molecule has 4 N–H and O–H groups in total. The van der Waals surface area contributed by atoms with Crippen molar-refractivity contribution in [2.24, 2.45) is 11.5 Å². The van der Waals surface area contributed by atoms with Crippen molar-refractivity contribution in [3.63, 3.8) is 0 Å². The second kappa shape index (κ2) is 4.53. The first-order valence-corrected chi connectivity index (χ1v) is 5.06. The van der Waals surface area contributed by atoms with Gasteiger partial charge in [-0.25, -0.2) is 0 Å². The molecular formula is C11H16N2S. The highest BCUT2D eigenvalue weighted by Gasteiger charge is 2.21. The number of rotatable bonds is 4. The lowest BCUT2D eigenvalue weighted by Crippen LogP contribution is -2.48. The Labute approximate surface area is 90.3 Å². The van der Waals surface area contributed by atoms with Crippen molar-refractivity contribution < 1.29 is 0 Å². The lowest BCUT2D eigenvalue weighted by atomic mass is 9.94. The molecule has 0 aliphatic heterocycles. The van der Waals surface area contributed by atoms with E-state index < -0.39 is 5.54 Å². The third-order valence-corrected chi connectivity index (χ3v) is 2.81. The largest absolute Gasteiger partial charge is 0.392 e. The average molecular weight is 208 g/mol. The number of thiocarbonyl (C=S) groups is 1. The van der Waals surface area contributed by atoms with Gasteiger partial charge in [-0.1, -0.05) is 42.5 Å². The van der Waals surface area contributed by atoms with E-state index >= 15 is 0 Å². The van der Waals surface area contributed by atoms with Gasteiger partial charge in [0.2, 0.25) is 0 Å². The van der Waals surface area contributed by atoms with Gasteiger partial charge in [-0.3, -0.25) is 0 Å². The molecule has 0 bridgehead atoms. The van der Waals surface area contributed by atoms with Crippen LogP contribution in [0.5, 0.6) is 0 Å². The first kappa shape index (κ1) is 11.1. The third-order valence-electron chi connectivity index (χ3n) is 2.34. The second-order valence-corrected chi connectivity index (χ2v) is 4.21. The molecule has 2 nitrogen and oxygen atoms in total. The Morgan fingerprint density at radius 3 is 2.43 bits per heavy atom. The highest BCUT2D eigenvalue weighted by atomic mass is 32.1. The first-order chi connectivity index (χ1) is 6.52. The molecule has 0 fully saturated rings. The minimum atomic E-state index is -0.537. The Morgan fingerprint density at radius 1 is 1.36 bits per heavy atom. The summed E-state index contributed by atoms with van der Waals surface area (Å²) in [5, 5.41) is 0. The Morgan fingerprint density at radius 2 is 1.93 bits per heavy atom. The molecule has 0 radical (unpaired) electrons. The van der Waals surface area contributed by atoms with Crippen molar-refractivity contribution in [2.45, 2.75) is 25.3 Å². The molecule has 0 saturated carbocycles. The Bertz CT molecular complexity index is 306. The summed E-state index contributed by atoms with van der Waals surface area (Å²) in [6, 6.07) is 10.2. The van der Waals surface area contributed by atoms with Crippen molar-refractivity contribution >= 4 is 17.2 Å². The lowest BCUT2D eigenvalue weighted by molar-refractivity contribution is 0.571. The number of hydrogen-bond donors (Lipinski definition) is 2. The molecule has 0 spiro atoms. The van der Waals surface area contributed by atoms with E-state index in [0.29, 0.717) is 4.99 Å². The maximum atomic E-state index is 5.94. The fraction of sp³-hybridized carbons (Fsp3) is 0.364. The van der Waals surface area contributed by atoms with Crippen LogP contribution >= 0.6 is 12.2 Å². The summed E-state index contributed by atoms with van der Waals surface area (Å²) in [5.41, 5.74) is 12.2. The number of aryl methyl sites for hydroxylation is 1. The zero-order chi connectivity index (χ0) is 10.6. The van der Waals surface area contributed by atoms with Gasteiger partial charge in [0.15, 0.2) is 0 Å². The first-order valence-electron chi connectivity index (χ1n) is 4.65. The quantitative estimate of drug-likeness (QED) is 0.739. The number of benzene rings is 1. The lowest BCUT2D eigenvalue weighted by Gasteiger charge is -2.22. The van der Waals surface area contributed by atoms with Crippen LogP contribution in [0.4, 0.5) is 0 Å². The molecule has 14 heavy (non-hydrogen) atoms. The van der Waals surface area contributed by atoms with Gasteiger partial charge in [0, 0.05) is 0 Å². The minimum absolute atomic E-state index is 0.383. The molecule has 0 aliphatic carbocycles. The third kappa shape index (κ3) is 3.09. The van der Waals surface area contributed by atoms with Gasteiger partial charge >= 0.3 is 0 Å². The molecule has 0 amide bonds. The van der Waals surface area contributed by atoms with E-state index in [9.17, 15) is 0 Å². The fourth-order valence-electron chi connectivity index (χ4n) is 1.17. The smallest absolute Gasteiger partial charge is 0.0926 e. The summed E-state index contributed by atoms with van der Waals surface area (Å²) in [7, 11) is 0. The van der Waals surface area contributed by atoms with Gasteiger partial charge < -0.3 is 11.5 Å². The molecule has 76 valence electrons. The summed E-state index contributed by atoms with van der Waals surface area (Å²) in [5.74, 6) is 0. The SMILES string of the molecule is CC(N)(CCc1ccccc1)C(N)=S. The van der Waals surface area contributed by atoms with Gasteiger partial charge in [-0.05, 0) is 25.3 Å². The Balaban J connectivity index is 2.53. The zero-order valence-electron chi connectivity index (χ0n) is 8.36. The van der Waals surface area contributed by atoms with Crippen LogP contribution in [0.1, 0.15) is 18.9 Å². The van der Waals surface area contributed by atoms with E-state index in [0.717, 1.165) is 12.8 Å². The van der Waals surface area contributed by atoms with Crippen molar-refractivity contribution in [2.75, 3.05) is 0 Å². The van der Waals surface area contributed by atoms with E-state index in [1.165, 1.54) is 5.56 Å². The van der Waals surface area contributed by atoms with Crippen LogP contribution in [0, 0.1) is 0 Å². The van der Waals surface area contributed by atoms with Crippen LogP contribution in [0.3, 0.4) is 0 Å². The molecule has 0 aliphatic rings. The van der Waals surface area contributed by atoms with Gasteiger partial charge in [0.05, 0.1) is 10.5 Å². The molecule has 1 aromatic rings. The van der Waals surface area contributed by atoms with Crippen LogP contribution in [0.25, 0.3) is 0 Å². The van der Waals surface area contributed by atoms with Gasteiger partial charge in [0.25, 0.3) is 0 Å². The van der Waals surface area contributed by atoms with E-state index in [1.807, 2.05) is 25.1 Å². The number of nitrogens with two attached hydrogens (primary N) is 2. The highest BCUT2D eigenvalue weighted by molar-refractivity contribution is 7.80. The van der Waals surface area contributed by atoms with Crippen LogP contribution in [0.2, 0.25) is 0 Å². The summed E-state index contributed by atoms with van der Waals surface area (Å²) in [4.78, 5) is 0.383. The fourth-order valence-corrected chi connectivity index (χ4v) is 1.27. The van der Waals surface area contributed by atoms with Crippen molar-refractivity contribution in [1.82, 2.24) is 0 Å². The highest BCUT2D eigenvalue weighted by Crippen LogP contribution is 2.11.